The largest absolute Gasteiger partial charge is 0.256 e. The van der Waals surface area contributed by atoms with Crippen molar-refractivity contribution in [1.29, 1.82) is 0 Å². The number of para-hydroxylation sites is 1. The summed E-state index contributed by atoms with van der Waals surface area (Å²) in [6.07, 6.45) is 2.54. The minimum atomic E-state index is 0.491. The van der Waals surface area contributed by atoms with Crippen LogP contribution in [0.1, 0.15) is 5.56 Å². The molecule has 0 aliphatic heterocycles. The van der Waals surface area contributed by atoms with Crippen molar-refractivity contribution in [3.05, 3.63) is 52.5 Å². The molecule has 1 aromatic carbocycles. The molecule has 0 aliphatic carbocycles. The molecule has 0 N–H and O–H groups in total. The summed E-state index contributed by atoms with van der Waals surface area (Å²) in [6, 6.07) is 9.93. The van der Waals surface area contributed by atoms with Gasteiger partial charge < -0.3 is 0 Å². The molecule has 0 aliphatic rings. The fourth-order valence-electron chi connectivity index (χ4n) is 1.59. The number of aromatic nitrogens is 1. The van der Waals surface area contributed by atoms with Crippen molar-refractivity contribution in [2.24, 2.45) is 5.11 Å². The van der Waals surface area contributed by atoms with Crippen LogP contribution >= 0.6 is 0 Å². The second-order valence-corrected chi connectivity index (χ2v) is 3.19. The number of nitrogens with zero attached hydrogens (tertiary/aromatic N) is 4. The van der Waals surface area contributed by atoms with Gasteiger partial charge in [-0.3, -0.25) is 4.98 Å². The lowest BCUT2D eigenvalue weighted by Crippen LogP contribution is -1.91. The van der Waals surface area contributed by atoms with Crippen LogP contribution in [0, 0.1) is 0 Å². The molecule has 0 saturated carbocycles. The van der Waals surface area contributed by atoms with E-state index >= 15 is 0 Å². The SMILES string of the molecule is [N-]=[N+]=NCCc1ccnc2ccccc12. The Kier molecular flexibility index (Phi) is 2.81. The van der Waals surface area contributed by atoms with Gasteiger partial charge in [0.2, 0.25) is 0 Å². The zero-order valence-corrected chi connectivity index (χ0v) is 8.17. The predicted octanol–water partition coefficient (Wildman–Crippen LogP) is 3.09. The smallest absolute Gasteiger partial charge is 0.0704 e. The van der Waals surface area contributed by atoms with E-state index < -0.39 is 0 Å². The summed E-state index contributed by atoms with van der Waals surface area (Å²) < 4.78 is 0. The van der Waals surface area contributed by atoms with Gasteiger partial charge in [-0.2, -0.15) is 0 Å². The van der Waals surface area contributed by atoms with Crippen LogP contribution in [0.25, 0.3) is 21.3 Å². The molecule has 4 nitrogen and oxygen atoms in total. The van der Waals surface area contributed by atoms with Gasteiger partial charge in [0.05, 0.1) is 5.52 Å². The maximum atomic E-state index is 8.20. The third-order valence-corrected chi connectivity index (χ3v) is 2.28. The van der Waals surface area contributed by atoms with Gasteiger partial charge in [-0.15, -0.1) is 0 Å². The molecule has 74 valence electrons. The van der Waals surface area contributed by atoms with E-state index in [9.17, 15) is 0 Å². The molecule has 0 amide bonds. The molecule has 0 spiro atoms. The van der Waals surface area contributed by atoms with Crippen molar-refractivity contribution >= 4 is 10.9 Å². The number of pyridine rings is 1. The lowest BCUT2D eigenvalue weighted by atomic mass is 10.1. The Labute approximate surface area is 87.2 Å². The Morgan fingerprint density at radius 3 is 3.00 bits per heavy atom. The van der Waals surface area contributed by atoms with Crippen molar-refractivity contribution in [2.45, 2.75) is 6.42 Å². The molecule has 2 aromatic rings. The number of benzene rings is 1. The topological polar surface area (TPSA) is 61.7 Å². The van der Waals surface area contributed by atoms with Gasteiger partial charge in [-0.1, -0.05) is 23.3 Å². The molecule has 2 rings (SSSR count). The zero-order valence-electron chi connectivity index (χ0n) is 8.17. The first-order valence-corrected chi connectivity index (χ1v) is 4.75. The van der Waals surface area contributed by atoms with Gasteiger partial charge in [0.25, 0.3) is 0 Å². The molecule has 0 atom stereocenters. The molecule has 15 heavy (non-hydrogen) atoms. The Bertz CT molecular complexity index is 509. The average Bonchev–Trinajstić information content (AvgIpc) is 2.30. The van der Waals surface area contributed by atoms with E-state index in [1.165, 1.54) is 5.56 Å². The third kappa shape index (κ3) is 2.06. The minimum absolute atomic E-state index is 0.491. The van der Waals surface area contributed by atoms with Crippen LogP contribution in [0.4, 0.5) is 0 Å². The molecule has 0 bridgehead atoms. The summed E-state index contributed by atoms with van der Waals surface area (Å²) in [5, 5.41) is 4.67. The fourth-order valence-corrected chi connectivity index (χ4v) is 1.59. The van der Waals surface area contributed by atoms with Crippen LogP contribution < -0.4 is 0 Å². The first-order valence-electron chi connectivity index (χ1n) is 4.75. The van der Waals surface area contributed by atoms with Gasteiger partial charge in [-0.25, -0.2) is 0 Å². The first kappa shape index (κ1) is 9.49. The van der Waals surface area contributed by atoms with Gasteiger partial charge >= 0.3 is 0 Å². The quantitative estimate of drug-likeness (QED) is 0.424. The molecule has 0 saturated heterocycles. The maximum absolute atomic E-state index is 8.20. The molecule has 1 aromatic heterocycles. The van der Waals surface area contributed by atoms with Crippen LogP contribution in [0.2, 0.25) is 0 Å². The highest BCUT2D eigenvalue weighted by molar-refractivity contribution is 5.81. The van der Waals surface area contributed by atoms with Crippen LogP contribution in [-0.4, -0.2) is 11.5 Å². The number of rotatable bonds is 3. The molecule has 4 heteroatoms. The van der Waals surface area contributed by atoms with Gasteiger partial charge in [0.1, 0.15) is 0 Å². The Morgan fingerprint density at radius 1 is 1.27 bits per heavy atom. The van der Waals surface area contributed by atoms with Crippen molar-refractivity contribution < 1.29 is 0 Å². The number of hydrogen-bond donors (Lipinski definition) is 0. The maximum Gasteiger partial charge on any atom is 0.0704 e. The van der Waals surface area contributed by atoms with Gasteiger partial charge in [0.15, 0.2) is 0 Å². The van der Waals surface area contributed by atoms with E-state index in [0.717, 1.165) is 17.3 Å². The lowest BCUT2D eigenvalue weighted by Gasteiger charge is -2.03. The van der Waals surface area contributed by atoms with E-state index in [0.29, 0.717) is 6.54 Å². The van der Waals surface area contributed by atoms with Crippen LogP contribution in [-0.2, 0) is 6.42 Å². The Morgan fingerprint density at radius 2 is 2.13 bits per heavy atom. The van der Waals surface area contributed by atoms with Gasteiger partial charge in [-0.05, 0) is 29.6 Å². The fraction of sp³-hybridized carbons (Fsp3) is 0.182. The van der Waals surface area contributed by atoms with E-state index in [1.54, 1.807) is 6.20 Å². The highest BCUT2D eigenvalue weighted by atomic mass is 15.1. The summed E-state index contributed by atoms with van der Waals surface area (Å²) in [6.45, 7) is 0.491. The van der Waals surface area contributed by atoms with Crippen molar-refractivity contribution in [1.82, 2.24) is 4.98 Å². The highest BCUT2D eigenvalue weighted by Crippen LogP contribution is 2.16. The van der Waals surface area contributed by atoms with Crippen LogP contribution in [0.5, 0.6) is 0 Å². The summed E-state index contributed by atoms with van der Waals surface area (Å²) >= 11 is 0. The molecular formula is C11H10N4. The predicted molar refractivity (Wildman–Crippen MR) is 59.5 cm³/mol. The molecule has 1 heterocycles. The number of hydrogen-bond acceptors (Lipinski definition) is 2. The van der Waals surface area contributed by atoms with E-state index in [-0.39, 0.29) is 0 Å². The molecule has 0 fully saturated rings. The number of fused-ring (bicyclic) bond motifs is 1. The summed E-state index contributed by atoms with van der Waals surface area (Å²) in [4.78, 5) is 7.01. The Balaban J connectivity index is 2.37. The Hall–Kier alpha value is -2.06. The molecular weight excluding hydrogens is 188 g/mol. The third-order valence-electron chi connectivity index (χ3n) is 2.28. The van der Waals surface area contributed by atoms with E-state index in [2.05, 4.69) is 15.0 Å². The average molecular weight is 198 g/mol. The van der Waals surface area contributed by atoms with Crippen LogP contribution in [0.3, 0.4) is 0 Å². The normalized spacial score (nSPS) is 9.87. The van der Waals surface area contributed by atoms with Crippen molar-refractivity contribution in [3.8, 4) is 0 Å². The highest BCUT2D eigenvalue weighted by Gasteiger charge is 1.99. The van der Waals surface area contributed by atoms with E-state index in [1.807, 2.05) is 30.3 Å². The molecule has 0 unspecified atom stereocenters. The van der Waals surface area contributed by atoms with E-state index in [4.69, 9.17) is 5.53 Å². The number of azide groups is 1. The van der Waals surface area contributed by atoms with Crippen LogP contribution in [0.15, 0.2) is 41.6 Å². The first-order chi connectivity index (χ1) is 7.42. The monoisotopic (exact) mass is 198 g/mol. The lowest BCUT2D eigenvalue weighted by molar-refractivity contribution is 0.962. The summed E-state index contributed by atoms with van der Waals surface area (Å²) in [7, 11) is 0. The second kappa shape index (κ2) is 4.44. The van der Waals surface area contributed by atoms with Crippen molar-refractivity contribution in [2.75, 3.05) is 6.54 Å². The molecule has 0 radical (unpaired) electrons. The summed E-state index contributed by atoms with van der Waals surface area (Å²) in [5.41, 5.74) is 10.4. The zero-order chi connectivity index (χ0) is 10.5. The summed E-state index contributed by atoms with van der Waals surface area (Å²) in [5.74, 6) is 0. The van der Waals surface area contributed by atoms with Gasteiger partial charge in [0, 0.05) is 23.0 Å². The minimum Gasteiger partial charge on any atom is -0.256 e. The standard InChI is InChI=1S/C11H10N4/c12-15-14-8-6-9-5-7-13-11-4-2-1-3-10(9)11/h1-5,7H,6,8H2. The van der Waals surface area contributed by atoms with Crippen molar-refractivity contribution in [3.63, 3.8) is 0 Å². The second-order valence-electron chi connectivity index (χ2n) is 3.19.